The number of amides is 1. The molecule has 7 heteroatoms. The Morgan fingerprint density at radius 3 is 2.91 bits per heavy atom. The quantitative estimate of drug-likeness (QED) is 0.729. The Balaban J connectivity index is 1.59. The number of nitrogens with one attached hydrogen (secondary N) is 2. The largest absolute Gasteiger partial charge is 0.478 e. The Kier molecular flexibility index (Phi) is 4.68. The first-order valence-corrected chi connectivity index (χ1v) is 8.03. The molecule has 3 aromatic heterocycles. The van der Waals surface area contributed by atoms with E-state index in [-0.39, 0.29) is 5.91 Å². The summed E-state index contributed by atoms with van der Waals surface area (Å²) < 4.78 is 5.29. The van der Waals surface area contributed by atoms with Crippen molar-refractivity contribution in [3.63, 3.8) is 0 Å². The molecule has 0 saturated heterocycles. The molecule has 0 aliphatic carbocycles. The van der Waals surface area contributed by atoms with E-state index in [1.165, 1.54) is 11.3 Å². The highest BCUT2D eigenvalue weighted by Gasteiger charge is 2.10. The fourth-order valence-corrected chi connectivity index (χ4v) is 2.91. The fourth-order valence-electron chi connectivity index (χ4n) is 2.02. The van der Waals surface area contributed by atoms with Crippen LogP contribution in [0.4, 0.5) is 0 Å². The zero-order chi connectivity index (χ0) is 16.1. The molecule has 2 N–H and O–H groups in total. The molecule has 118 valence electrons. The molecule has 1 amide bonds. The Morgan fingerprint density at radius 2 is 2.22 bits per heavy atom. The lowest BCUT2D eigenvalue weighted by atomic mass is 10.3. The van der Waals surface area contributed by atoms with Crippen LogP contribution < -0.4 is 10.1 Å². The van der Waals surface area contributed by atoms with Gasteiger partial charge in [0.05, 0.1) is 22.1 Å². The number of rotatable bonds is 6. The van der Waals surface area contributed by atoms with Crippen LogP contribution in [0.25, 0.3) is 10.6 Å². The van der Waals surface area contributed by atoms with E-state index in [2.05, 4.69) is 20.5 Å². The molecule has 0 bridgehead atoms. The first kappa shape index (κ1) is 15.2. The second-order valence-corrected chi connectivity index (χ2v) is 5.84. The molecule has 3 heterocycles. The maximum Gasteiger partial charge on any atom is 0.261 e. The smallest absolute Gasteiger partial charge is 0.261 e. The third-order valence-corrected chi connectivity index (χ3v) is 4.26. The van der Waals surface area contributed by atoms with E-state index in [9.17, 15) is 4.79 Å². The standard InChI is InChI=1S/C16H16N4O2S/c1-2-22-15-6-3-11(9-17-15)10-18-16(21)14-5-4-13(23-14)12-7-8-19-20-12/h3-9H,2,10H2,1H3,(H,18,21)(H,19,20). The van der Waals surface area contributed by atoms with Crippen molar-refractivity contribution < 1.29 is 9.53 Å². The van der Waals surface area contributed by atoms with Gasteiger partial charge in [0.1, 0.15) is 0 Å². The molecule has 0 aliphatic rings. The van der Waals surface area contributed by atoms with Crippen molar-refractivity contribution in [2.45, 2.75) is 13.5 Å². The van der Waals surface area contributed by atoms with E-state index in [0.717, 1.165) is 16.1 Å². The zero-order valence-corrected chi connectivity index (χ0v) is 13.4. The molecular weight excluding hydrogens is 312 g/mol. The lowest BCUT2D eigenvalue weighted by Crippen LogP contribution is -2.21. The monoisotopic (exact) mass is 328 g/mol. The van der Waals surface area contributed by atoms with Crippen LogP contribution in [-0.4, -0.2) is 27.7 Å². The molecule has 3 rings (SSSR count). The minimum atomic E-state index is -0.102. The number of thiophene rings is 1. The van der Waals surface area contributed by atoms with Gasteiger partial charge in [0.25, 0.3) is 5.91 Å². The number of aromatic amines is 1. The number of hydrogen-bond acceptors (Lipinski definition) is 5. The molecule has 0 atom stereocenters. The van der Waals surface area contributed by atoms with Crippen molar-refractivity contribution in [3.05, 3.63) is 53.2 Å². The SMILES string of the molecule is CCOc1ccc(CNC(=O)c2ccc(-c3ccn[nH]3)s2)cn1. The maximum atomic E-state index is 12.2. The predicted octanol–water partition coefficient (Wildman–Crippen LogP) is 2.86. The number of pyridine rings is 1. The molecule has 0 unspecified atom stereocenters. The summed E-state index contributed by atoms with van der Waals surface area (Å²) >= 11 is 1.42. The van der Waals surface area contributed by atoms with Crippen molar-refractivity contribution in [1.29, 1.82) is 0 Å². The van der Waals surface area contributed by atoms with Crippen LogP contribution in [0.15, 0.2) is 42.7 Å². The molecule has 0 saturated carbocycles. The van der Waals surface area contributed by atoms with Gasteiger partial charge in [0.2, 0.25) is 5.88 Å². The number of carbonyl (C=O) groups excluding carboxylic acids is 1. The van der Waals surface area contributed by atoms with Crippen LogP contribution in [0, 0.1) is 0 Å². The summed E-state index contributed by atoms with van der Waals surface area (Å²) in [4.78, 5) is 18.0. The van der Waals surface area contributed by atoms with Crippen LogP contribution in [-0.2, 0) is 6.54 Å². The number of ether oxygens (including phenoxy) is 1. The summed E-state index contributed by atoms with van der Waals surface area (Å²) in [6.45, 7) is 2.92. The lowest BCUT2D eigenvalue weighted by Gasteiger charge is -2.05. The van der Waals surface area contributed by atoms with Gasteiger partial charge in [-0.25, -0.2) is 4.98 Å². The van der Waals surface area contributed by atoms with Crippen LogP contribution in [0.3, 0.4) is 0 Å². The van der Waals surface area contributed by atoms with Crippen molar-refractivity contribution >= 4 is 17.2 Å². The van der Waals surface area contributed by atoms with Gasteiger partial charge in [-0.3, -0.25) is 9.89 Å². The number of H-pyrrole nitrogens is 1. The Hall–Kier alpha value is -2.67. The molecule has 0 spiro atoms. The van der Waals surface area contributed by atoms with E-state index in [1.54, 1.807) is 18.5 Å². The van der Waals surface area contributed by atoms with Crippen molar-refractivity contribution in [3.8, 4) is 16.5 Å². The summed E-state index contributed by atoms with van der Waals surface area (Å²) in [6.07, 6.45) is 3.39. The van der Waals surface area contributed by atoms with Crippen molar-refractivity contribution in [2.24, 2.45) is 0 Å². The van der Waals surface area contributed by atoms with Crippen LogP contribution >= 0.6 is 11.3 Å². The van der Waals surface area contributed by atoms with Gasteiger partial charge < -0.3 is 10.1 Å². The van der Waals surface area contributed by atoms with Crippen LogP contribution in [0.2, 0.25) is 0 Å². The summed E-state index contributed by atoms with van der Waals surface area (Å²) in [5.41, 5.74) is 1.83. The molecular formula is C16H16N4O2S. The van der Waals surface area contributed by atoms with Gasteiger partial charge >= 0.3 is 0 Å². The van der Waals surface area contributed by atoms with Gasteiger partial charge in [0.15, 0.2) is 0 Å². The van der Waals surface area contributed by atoms with Crippen molar-refractivity contribution in [1.82, 2.24) is 20.5 Å². The molecule has 0 radical (unpaired) electrons. The van der Waals surface area contributed by atoms with Gasteiger partial charge in [-0.15, -0.1) is 11.3 Å². The van der Waals surface area contributed by atoms with Gasteiger partial charge in [-0.2, -0.15) is 5.10 Å². The minimum Gasteiger partial charge on any atom is -0.478 e. The van der Waals surface area contributed by atoms with E-state index in [4.69, 9.17) is 4.74 Å². The highest BCUT2D eigenvalue weighted by atomic mass is 32.1. The predicted molar refractivity (Wildman–Crippen MR) is 88.5 cm³/mol. The van der Waals surface area contributed by atoms with Gasteiger partial charge in [-0.05, 0) is 30.7 Å². The molecule has 0 aromatic carbocycles. The maximum absolute atomic E-state index is 12.2. The number of carbonyl (C=O) groups is 1. The summed E-state index contributed by atoms with van der Waals surface area (Å²) in [5.74, 6) is 0.486. The number of aromatic nitrogens is 3. The van der Waals surface area contributed by atoms with Crippen molar-refractivity contribution in [2.75, 3.05) is 6.61 Å². The number of nitrogens with zero attached hydrogens (tertiary/aromatic N) is 2. The molecule has 0 fully saturated rings. The van der Waals surface area contributed by atoms with E-state index in [1.807, 2.05) is 31.2 Å². The second-order valence-electron chi connectivity index (χ2n) is 4.75. The van der Waals surface area contributed by atoms with Crippen LogP contribution in [0.1, 0.15) is 22.2 Å². The average Bonchev–Trinajstić information content (AvgIpc) is 3.25. The Morgan fingerprint density at radius 1 is 1.30 bits per heavy atom. The topological polar surface area (TPSA) is 79.9 Å². The lowest BCUT2D eigenvalue weighted by molar-refractivity contribution is 0.0955. The minimum absolute atomic E-state index is 0.102. The van der Waals surface area contributed by atoms with E-state index >= 15 is 0 Å². The Bertz CT molecular complexity index is 766. The summed E-state index contributed by atoms with van der Waals surface area (Å²) in [6, 6.07) is 9.28. The normalized spacial score (nSPS) is 10.5. The Labute approximate surface area is 137 Å². The number of hydrogen-bond donors (Lipinski definition) is 2. The highest BCUT2D eigenvalue weighted by Crippen LogP contribution is 2.26. The van der Waals surface area contributed by atoms with Crippen LogP contribution in [0.5, 0.6) is 5.88 Å². The second kappa shape index (κ2) is 7.06. The molecule has 6 nitrogen and oxygen atoms in total. The summed E-state index contributed by atoms with van der Waals surface area (Å²) in [5, 5.41) is 9.69. The molecule has 3 aromatic rings. The highest BCUT2D eigenvalue weighted by molar-refractivity contribution is 7.17. The third kappa shape index (κ3) is 3.75. The third-order valence-electron chi connectivity index (χ3n) is 3.14. The average molecular weight is 328 g/mol. The molecule has 0 aliphatic heterocycles. The first-order valence-electron chi connectivity index (χ1n) is 7.22. The first-order chi connectivity index (χ1) is 11.3. The van der Waals surface area contributed by atoms with E-state index in [0.29, 0.717) is 23.9 Å². The van der Waals surface area contributed by atoms with Gasteiger partial charge in [0, 0.05) is 25.0 Å². The zero-order valence-electron chi connectivity index (χ0n) is 12.6. The molecule has 23 heavy (non-hydrogen) atoms. The van der Waals surface area contributed by atoms with Gasteiger partial charge in [-0.1, -0.05) is 6.07 Å². The van der Waals surface area contributed by atoms with E-state index < -0.39 is 0 Å². The summed E-state index contributed by atoms with van der Waals surface area (Å²) in [7, 11) is 0. The fraction of sp³-hybridized carbons (Fsp3) is 0.188.